The van der Waals surface area contributed by atoms with E-state index in [4.69, 9.17) is 14.0 Å². The van der Waals surface area contributed by atoms with E-state index in [0.29, 0.717) is 30.6 Å². The van der Waals surface area contributed by atoms with Crippen LogP contribution < -0.4 is 14.4 Å². The van der Waals surface area contributed by atoms with Gasteiger partial charge in [0.05, 0.1) is 7.11 Å². The summed E-state index contributed by atoms with van der Waals surface area (Å²) in [7, 11) is 1.62. The normalized spacial score (nSPS) is 13.5. The molecule has 2 aromatic carbocycles. The molecule has 9 heteroatoms. The molecule has 0 atom stereocenters. The molecular weight excluding hydrogens is 446 g/mol. The number of nitrogens with zero attached hydrogens (tertiary/aromatic N) is 5. The van der Waals surface area contributed by atoms with E-state index in [1.54, 1.807) is 25.4 Å². The first-order valence-electron chi connectivity index (χ1n) is 11.3. The second kappa shape index (κ2) is 10.3. The highest BCUT2D eigenvalue weighted by atomic mass is 16.5. The largest absolute Gasteiger partial charge is 0.497 e. The van der Waals surface area contributed by atoms with Crippen LogP contribution in [-0.4, -0.2) is 65.8 Å². The van der Waals surface area contributed by atoms with Crippen LogP contribution in [0.5, 0.6) is 11.5 Å². The molecule has 0 N–H and O–H groups in total. The van der Waals surface area contributed by atoms with Crippen LogP contribution in [0.1, 0.15) is 0 Å². The number of carbonyl (C=O) groups is 1. The van der Waals surface area contributed by atoms with Crippen LogP contribution in [-0.2, 0) is 4.79 Å². The Kier molecular flexibility index (Phi) is 6.56. The summed E-state index contributed by atoms with van der Waals surface area (Å²) in [6, 6.07) is 20.5. The van der Waals surface area contributed by atoms with Crippen molar-refractivity contribution in [1.29, 1.82) is 0 Å². The van der Waals surface area contributed by atoms with Gasteiger partial charge in [-0.25, -0.2) is 4.98 Å². The fraction of sp³-hybridized carbons (Fsp3) is 0.231. The fourth-order valence-electron chi connectivity index (χ4n) is 3.85. The van der Waals surface area contributed by atoms with Gasteiger partial charge in [0.2, 0.25) is 5.82 Å². The number of rotatable bonds is 7. The number of carbonyl (C=O) groups excluding carboxylic acids is 1. The van der Waals surface area contributed by atoms with Crippen LogP contribution >= 0.6 is 0 Å². The Hall–Kier alpha value is -4.40. The molecule has 1 saturated heterocycles. The Morgan fingerprint density at radius 1 is 0.914 bits per heavy atom. The molecule has 0 radical (unpaired) electrons. The molecule has 0 bridgehead atoms. The zero-order valence-corrected chi connectivity index (χ0v) is 19.3. The van der Waals surface area contributed by atoms with Crippen molar-refractivity contribution < 1.29 is 18.8 Å². The SMILES string of the molecule is COc1ccc(-c2noc(-c3ccc(OCC(=O)N4CCN(c5ccccn5)CC4)cc3)n2)cc1. The van der Waals surface area contributed by atoms with Crippen LogP contribution in [0, 0.1) is 0 Å². The molecule has 1 aliphatic heterocycles. The van der Waals surface area contributed by atoms with E-state index in [1.807, 2.05) is 59.5 Å². The van der Waals surface area contributed by atoms with Crippen molar-refractivity contribution in [1.82, 2.24) is 20.0 Å². The van der Waals surface area contributed by atoms with E-state index >= 15 is 0 Å². The van der Waals surface area contributed by atoms with Gasteiger partial charge in [0.1, 0.15) is 17.3 Å². The van der Waals surface area contributed by atoms with Crippen LogP contribution in [0.4, 0.5) is 5.82 Å². The monoisotopic (exact) mass is 471 g/mol. The van der Waals surface area contributed by atoms with E-state index in [0.717, 1.165) is 35.8 Å². The maximum atomic E-state index is 12.6. The summed E-state index contributed by atoms with van der Waals surface area (Å²) in [4.78, 5) is 25.5. The first-order chi connectivity index (χ1) is 17.2. The van der Waals surface area contributed by atoms with Crippen LogP contribution in [0.3, 0.4) is 0 Å². The minimum Gasteiger partial charge on any atom is -0.497 e. The summed E-state index contributed by atoms with van der Waals surface area (Å²) in [5.74, 6) is 3.17. The third-order valence-corrected chi connectivity index (χ3v) is 5.84. The van der Waals surface area contributed by atoms with E-state index in [2.05, 4.69) is 20.0 Å². The van der Waals surface area contributed by atoms with Gasteiger partial charge in [-0.05, 0) is 60.7 Å². The molecule has 1 aliphatic rings. The molecule has 9 nitrogen and oxygen atoms in total. The lowest BCUT2D eigenvalue weighted by molar-refractivity contribution is -0.133. The number of pyridine rings is 1. The van der Waals surface area contributed by atoms with Crippen molar-refractivity contribution in [3.63, 3.8) is 0 Å². The maximum absolute atomic E-state index is 12.6. The number of piperazine rings is 1. The number of methoxy groups -OCH3 is 1. The minimum atomic E-state index is -0.0317. The fourth-order valence-corrected chi connectivity index (χ4v) is 3.85. The Morgan fingerprint density at radius 3 is 2.31 bits per heavy atom. The van der Waals surface area contributed by atoms with E-state index in [9.17, 15) is 4.79 Å². The van der Waals surface area contributed by atoms with Crippen molar-refractivity contribution in [2.75, 3.05) is 44.8 Å². The Bertz CT molecular complexity index is 1250. The minimum absolute atomic E-state index is 0.00882. The molecule has 1 fully saturated rings. The smallest absolute Gasteiger partial charge is 0.260 e. The molecule has 1 amide bonds. The van der Waals surface area contributed by atoms with E-state index in [1.165, 1.54) is 0 Å². The van der Waals surface area contributed by atoms with Crippen molar-refractivity contribution in [3.8, 4) is 34.3 Å². The summed E-state index contributed by atoms with van der Waals surface area (Å²) in [5, 5.41) is 4.06. The topological polar surface area (TPSA) is 93.8 Å². The van der Waals surface area contributed by atoms with E-state index < -0.39 is 0 Å². The molecule has 0 aliphatic carbocycles. The van der Waals surface area contributed by atoms with Gasteiger partial charge in [0.15, 0.2) is 6.61 Å². The van der Waals surface area contributed by atoms with Gasteiger partial charge in [0.25, 0.3) is 11.8 Å². The zero-order chi connectivity index (χ0) is 24.0. The summed E-state index contributed by atoms with van der Waals surface area (Å²) in [6.45, 7) is 2.78. The summed E-state index contributed by atoms with van der Waals surface area (Å²) in [6.07, 6.45) is 1.78. The average Bonchev–Trinajstić information content (AvgIpc) is 3.43. The van der Waals surface area contributed by atoms with Crippen molar-refractivity contribution in [2.24, 2.45) is 0 Å². The predicted octanol–water partition coefficient (Wildman–Crippen LogP) is 3.53. The van der Waals surface area contributed by atoms with Gasteiger partial charge in [-0.15, -0.1) is 0 Å². The highest BCUT2D eigenvalue weighted by molar-refractivity contribution is 5.78. The summed E-state index contributed by atoms with van der Waals surface area (Å²) < 4.78 is 16.3. The van der Waals surface area contributed by atoms with Gasteiger partial charge in [-0.3, -0.25) is 4.79 Å². The number of aromatic nitrogens is 3. The van der Waals surface area contributed by atoms with Crippen molar-refractivity contribution >= 4 is 11.7 Å². The van der Waals surface area contributed by atoms with E-state index in [-0.39, 0.29) is 12.5 Å². The second-order valence-electron chi connectivity index (χ2n) is 8.02. The highest BCUT2D eigenvalue weighted by Gasteiger charge is 2.22. The third kappa shape index (κ3) is 5.24. The Balaban J connectivity index is 1.13. The number of benzene rings is 2. The molecule has 5 rings (SSSR count). The Morgan fingerprint density at radius 2 is 1.63 bits per heavy atom. The number of hydrogen-bond acceptors (Lipinski definition) is 8. The number of anilines is 1. The van der Waals surface area contributed by atoms with Crippen LogP contribution in [0.25, 0.3) is 22.8 Å². The molecule has 0 spiro atoms. The molecule has 3 heterocycles. The molecule has 2 aromatic heterocycles. The quantitative estimate of drug-likeness (QED) is 0.404. The van der Waals surface area contributed by atoms with Crippen molar-refractivity contribution in [2.45, 2.75) is 0 Å². The molecule has 0 saturated carbocycles. The van der Waals surface area contributed by atoms with Gasteiger partial charge >= 0.3 is 0 Å². The number of hydrogen-bond donors (Lipinski definition) is 0. The van der Waals surface area contributed by atoms with Crippen LogP contribution in [0.2, 0.25) is 0 Å². The standard InChI is InChI=1S/C26H25N5O4/c1-33-21-9-5-19(6-10-21)25-28-26(35-29-25)20-7-11-22(12-8-20)34-18-24(32)31-16-14-30(15-17-31)23-4-2-3-13-27-23/h2-13H,14-18H2,1H3. The van der Waals surface area contributed by atoms with Gasteiger partial charge in [0, 0.05) is 43.5 Å². The molecular formula is C26H25N5O4. The lowest BCUT2D eigenvalue weighted by atomic mass is 10.2. The molecule has 178 valence electrons. The summed E-state index contributed by atoms with van der Waals surface area (Å²) in [5.41, 5.74) is 1.60. The van der Waals surface area contributed by atoms with Crippen LogP contribution in [0.15, 0.2) is 77.4 Å². The third-order valence-electron chi connectivity index (χ3n) is 5.84. The predicted molar refractivity (Wildman–Crippen MR) is 130 cm³/mol. The molecule has 4 aromatic rings. The van der Waals surface area contributed by atoms with Gasteiger partial charge in [-0.2, -0.15) is 4.98 Å². The lowest BCUT2D eigenvalue weighted by Gasteiger charge is -2.35. The molecule has 35 heavy (non-hydrogen) atoms. The lowest BCUT2D eigenvalue weighted by Crippen LogP contribution is -2.50. The van der Waals surface area contributed by atoms with Gasteiger partial charge < -0.3 is 23.8 Å². The second-order valence-corrected chi connectivity index (χ2v) is 8.02. The van der Waals surface area contributed by atoms with Gasteiger partial charge in [-0.1, -0.05) is 11.2 Å². The first-order valence-corrected chi connectivity index (χ1v) is 11.3. The summed E-state index contributed by atoms with van der Waals surface area (Å²) >= 11 is 0. The number of ether oxygens (including phenoxy) is 2. The average molecular weight is 472 g/mol. The van der Waals surface area contributed by atoms with Crippen molar-refractivity contribution in [3.05, 3.63) is 72.9 Å². The zero-order valence-electron chi connectivity index (χ0n) is 19.3. The maximum Gasteiger partial charge on any atom is 0.260 e. The first kappa shape index (κ1) is 22.4. The molecule has 0 unspecified atom stereocenters. The number of amides is 1. The highest BCUT2D eigenvalue weighted by Crippen LogP contribution is 2.25. The Labute approximate surface area is 202 Å².